The van der Waals surface area contributed by atoms with Crippen molar-refractivity contribution in [3.8, 4) is 0 Å². The Morgan fingerprint density at radius 2 is 1.48 bits per heavy atom. The summed E-state index contributed by atoms with van der Waals surface area (Å²) in [5.74, 6) is -3.32. The number of ether oxygens (including phenoxy) is 1. The molecule has 7 N–H and O–H groups in total. The van der Waals surface area contributed by atoms with Crippen LogP contribution in [0.4, 0.5) is 0 Å². The highest BCUT2D eigenvalue weighted by Gasteiger charge is 2.49. The minimum Gasteiger partial charge on any atom is -0.372 e. The van der Waals surface area contributed by atoms with Crippen LogP contribution in [0.15, 0.2) is 85.1 Å². The van der Waals surface area contributed by atoms with Crippen LogP contribution in [0, 0.1) is 0 Å². The number of fused-ring (bicyclic) bond motifs is 3. The van der Waals surface area contributed by atoms with Crippen LogP contribution >= 0.6 is 11.6 Å². The number of carbonyl (C=O) groups is 6. The van der Waals surface area contributed by atoms with E-state index in [0.29, 0.717) is 36.3 Å². The predicted octanol–water partition coefficient (Wildman–Crippen LogP) is 3.03. The van der Waals surface area contributed by atoms with Crippen LogP contribution in [-0.2, 0) is 53.0 Å². The third-order valence-corrected chi connectivity index (χ3v) is 13.3. The summed E-state index contributed by atoms with van der Waals surface area (Å²) in [6.07, 6.45) is 4.17. The van der Waals surface area contributed by atoms with Crippen LogP contribution < -0.4 is 27.0 Å². The highest BCUT2D eigenvalue weighted by Crippen LogP contribution is 2.32. The maximum Gasteiger partial charge on any atom is 0.247 e. The Bertz CT molecular complexity index is 2330. The minimum atomic E-state index is -1.42. The zero-order valence-electron chi connectivity index (χ0n) is 35.3. The first-order valence-corrected chi connectivity index (χ1v) is 22.3. The van der Waals surface area contributed by atoms with E-state index in [4.69, 9.17) is 22.1 Å². The van der Waals surface area contributed by atoms with E-state index < -0.39 is 83.3 Å². The summed E-state index contributed by atoms with van der Waals surface area (Å²) in [6.45, 7) is 2.15. The number of hydrogen-bond acceptors (Lipinski definition) is 8. The second-order valence-electron chi connectivity index (χ2n) is 17.5. The van der Waals surface area contributed by atoms with Gasteiger partial charge in [-0.15, -0.1) is 0 Å². The Morgan fingerprint density at radius 3 is 2.22 bits per heavy atom. The third kappa shape index (κ3) is 9.60. The van der Waals surface area contributed by atoms with Gasteiger partial charge in [-0.1, -0.05) is 85.1 Å². The monoisotopic (exact) mass is 878 g/mol. The second kappa shape index (κ2) is 18.9. The van der Waals surface area contributed by atoms with E-state index in [9.17, 15) is 28.8 Å². The number of amides is 6. The molecule has 332 valence electrons. The van der Waals surface area contributed by atoms with Crippen molar-refractivity contribution in [1.82, 2.24) is 36.1 Å². The Kier molecular flexibility index (Phi) is 13.2. The molecule has 3 saturated heterocycles. The van der Waals surface area contributed by atoms with Crippen molar-refractivity contribution in [2.75, 3.05) is 13.1 Å². The largest absolute Gasteiger partial charge is 0.372 e. The summed E-state index contributed by atoms with van der Waals surface area (Å²) in [5, 5.41) is 13.2. The zero-order valence-corrected chi connectivity index (χ0v) is 36.1. The number of aromatic amines is 1. The summed E-state index contributed by atoms with van der Waals surface area (Å²) in [6, 6.07) is 17.6. The lowest BCUT2D eigenvalue weighted by molar-refractivity contribution is -0.148. The van der Waals surface area contributed by atoms with Gasteiger partial charge in [-0.3, -0.25) is 28.8 Å². The van der Waals surface area contributed by atoms with Gasteiger partial charge in [0, 0.05) is 60.5 Å². The SMILES string of the molecule is CC(N)[C@@H]1NC(=O)[C@H](Cc2ccc(Cl)cc2)NC(=O)C2(CCCC2)NC(=O)[C@H](Cc2c[nH]c3ccccc23)NC(=O)[C@@H]2C[C@@H](OCc3ccccc3)CN2C(=O)[C@H]2CCCN2C1=O. The zero-order chi connectivity index (χ0) is 44.3. The van der Waals surface area contributed by atoms with E-state index >= 15 is 0 Å². The number of benzene rings is 3. The van der Waals surface area contributed by atoms with Gasteiger partial charge in [-0.05, 0) is 67.5 Å². The van der Waals surface area contributed by atoms with Crippen LogP contribution in [0.2, 0.25) is 5.02 Å². The first-order valence-electron chi connectivity index (χ1n) is 21.9. The van der Waals surface area contributed by atoms with Crippen molar-refractivity contribution in [2.45, 2.75) is 119 Å². The van der Waals surface area contributed by atoms with E-state index in [1.807, 2.05) is 54.6 Å². The fourth-order valence-electron chi connectivity index (χ4n) is 9.60. The van der Waals surface area contributed by atoms with E-state index in [0.717, 1.165) is 22.0 Å². The Balaban J connectivity index is 1.17. The number of para-hydroxylation sites is 1. The molecule has 15 nitrogen and oxygen atoms in total. The number of rotatable bonds is 8. The number of nitrogens with two attached hydrogens (primary N) is 1. The topological polar surface area (TPSA) is 208 Å². The average Bonchev–Trinajstić information content (AvgIpc) is 4.12. The number of H-pyrrole nitrogens is 1. The van der Waals surface area contributed by atoms with E-state index in [1.54, 1.807) is 37.4 Å². The molecule has 63 heavy (non-hydrogen) atoms. The third-order valence-electron chi connectivity index (χ3n) is 13.0. The van der Waals surface area contributed by atoms with Crippen molar-refractivity contribution < 1.29 is 33.5 Å². The van der Waals surface area contributed by atoms with Crippen molar-refractivity contribution in [3.05, 3.63) is 107 Å². The van der Waals surface area contributed by atoms with E-state index in [1.165, 1.54) is 9.80 Å². The molecule has 3 aliphatic heterocycles. The van der Waals surface area contributed by atoms with Gasteiger partial charge in [-0.25, -0.2) is 0 Å². The molecule has 4 aliphatic rings. The summed E-state index contributed by atoms with van der Waals surface area (Å²) in [5.41, 5.74) is 8.24. The van der Waals surface area contributed by atoms with Crippen LogP contribution in [0.1, 0.15) is 68.6 Å². The van der Waals surface area contributed by atoms with Gasteiger partial charge in [0.15, 0.2) is 0 Å². The first kappa shape index (κ1) is 43.9. The molecule has 1 aliphatic carbocycles. The molecule has 3 aromatic carbocycles. The molecule has 7 atom stereocenters. The Labute approximate surface area is 371 Å². The van der Waals surface area contributed by atoms with Crippen molar-refractivity contribution in [3.63, 3.8) is 0 Å². The maximum absolute atomic E-state index is 14.8. The molecule has 8 rings (SSSR count). The molecule has 6 amide bonds. The molecule has 0 bridgehead atoms. The highest BCUT2D eigenvalue weighted by atomic mass is 35.5. The molecule has 1 saturated carbocycles. The van der Waals surface area contributed by atoms with Crippen molar-refractivity contribution in [2.24, 2.45) is 5.73 Å². The molecule has 4 fully saturated rings. The number of hydrogen-bond donors (Lipinski definition) is 6. The van der Waals surface area contributed by atoms with Gasteiger partial charge in [-0.2, -0.15) is 0 Å². The van der Waals surface area contributed by atoms with Gasteiger partial charge in [0.1, 0.15) is 35.7 Å². The Hall–Kier alpha value is -5.77. The summed E-state index contributed by atoms with van der Waals surface area (Å²) in [7, 11) is 0. The maximum atomic E-state index is 14.8. The molecule has 1 aromatic heterocycles. The summed E-state index contributed by atoms with van der Waals surface area (Å²) in [4.78, 5) is 94.2. The molecule has 4 heterocycles. The van der Waals surface area contributed by atoms with Crippen molar-refractivity contribution in [1.29, 1.82) is 0 Å². The molecule has 4 aromatic rings. The lowest BCUT2D eigenvalue weighted by Crippen LogP contribution is -2.66. The normalized spacial score (nSPS) is 26.4. The average molecular weight is 879 g/mol. The summed E-state index contributed by atoms with van der Waals surface area (Å²) < 4.78 is 6.33. The molecular weight excluding hydrogens is 824 g/mol. The first-order chi connectivity index (χ1) is 30.4. The predicted molar refractivity (Wildman–Crippen MR) is 236 cm³/mol. The van der Waals surface area contributed by atoms with Crippen LogP contribution in [0.3, 0.4) is 0 Å². The number of nitrogens with zero attached hydrogens (tertiary/aromatic N) is 2. The van der Waals surface area contributed by atoms with Gasteiger partial charge >= 0.3 is 0 Å². The van der Waals surface area contributed by atoms with Gasteiger partial charge < -0.3 is 46.5 Å². The number of carbonyl (C=O) groups excluding carboxylic acids is 6. The van der Waals surface area contributed by atoms with Crippen LogP contribution in [-0.4, -0.2) is 111 Å². The fraction of sp³-hybridized carbons (Fsp3) is 0.447. The van der Waals surface area contributed by atoms with E-state index in [2.05, 4.69) is 26.3 Å². The Morgan fingerprint density at radius 1 is 0.762 bits per heavy atom. The number of halogens is 1. The second-order valence-corrected chi connectivity index (χ2v) is 17.9. The number of aromatic nitrogens is 1. The minimum absolute atomic E-state index is 0.0343. The molecule has 1 spiro atoms. The summed E-state index contributed by atoms with van der Waals surface area (Å²) >= 11 is 6.18. The van der Waals surface area contributed by atoms with Gasteiger partial charge in [0.05, 0.1) is 12.7 Å². The number of nitrogens with one attached hydrogen (secondary N) is 5. The van der Waals surface area contributed by atoms with Crippen molar-refractivity contribution >= 4 is 57.9 Å². The molecular formula is C47H55ClN8O7. The van der Waals surface area contributed by atoms with Gasteiger partial charge in [0.2, 0.25) is 35.4 Å². The van der Waals surface area contributed by atoms with E-state index in [-0.39, 0.29) is 51.8 Å². The molecule has 16 heteroatoms. The standard InChI is InChI=1S/C47H55ClN8O7/c1-28(49)40-45(61)55-21-9-14-38(55)44(60)56-26-33(63-27-30-10-3-2-4-11-30)24-39(56)43(59)51-37(23-31-25-50-35-13-6-5-12-34(31)35)42(58)54-47(19-7-8-20-47)46(62)52-36(41(57)53-40)22-29-15-17-32(48)18-16-29/h2-6,10-13,15-18,25,28,33,36-40,50H,7-9,14,19-24,26-27,49H2,1H3,(H,51,59)(H,52,62)(H,53,57)(H,54,58)/t28?,33-,36+,37+,38-,39+,40+/m1/s1. The van der Waals surface area contributed by atoms with Crippen LogP contribution in [0.5, 0.6) is 0 Å². The van der Waals surface area contributed by atoms with Crippen LogP contribution in [0.25, 0.3) is 10.9 Å². The quantitative estimate of drug-likeness (QED) is 0.155. The van der Waals surface area contributed by atoms with Gasteiger partial charge in [0.25, 0.3) is 0 Å². The smallest absolute Gasteiger partial charge is 0.247 e. The lowest BCUT2D eigenvalue weighted by atomic mass is 9.93. The highest BCUT2D eigenvalue weighted by molar-refractivity contribution is 6.30. The fourth-order valence-corrected chi connectivity index (χ4v) is 9.72. The molecule has 0 radical (unpaired) electrons. The lowest BCUT2D eigenvalue weighted by Gasteiger charge is -2.36. The molecule has 1 unspecified atom stereocenters.